The number of nitrogens with one attached hydrogen (secondary N) is 4. The van der Waals surface area contributed by atoms with Crippen LogP contribution in [0.25, 0.3) is 44.8 Å². The second kappa shape index (κ2) is 8.52. The third kappa shape index (κ3) is 3.87. The van der Waals surface area contributed by atoms with Gasteiger partial charge in [-0.25, -0.2) is 9.97 Å². The van der Waals surface area contributed by atoms with Gasteiger partial charge in [0.25, 0.3) is 0 Å². The largest absolute Gasteiger partial charge is 0.456 e. The van der Waals surface area contributed by atoms with Crippen molar-refractivity contribution >= 4 is 11.0 Å². The number of aromatic amines is 2. The van der Waals surface area contributed by atoms with Crippen molar-refractivity contribution in [3.63, 3.8) is 0 Å². The summed E-state index contributed by atoms with van der Waals surface area (Å²) in [4.78, 5) is 16.2. The van der Waals surface area contributed by atoms with E-state index in [1.807, 2.05) is 18.5 Å². The molecule has 5 heterocycles. The smallest absolute Gasteiger partial charge is 0.135 e. The number of aromatic nitrogens is 4. The summed E-state index contributed by atoms with van der Waals surface area (Å²) in [6.07, 6.45) is 8.53. The van der Waals surface area contributed by atoms with Crippen LogP contribution in [0.5, 0.6) is 0 Å². The summed E-state index contributed by atoms with van der Waals surface area (Å²) in [5.74, 6) is 2.91. The highest BCUT2D eigenvalue weighted by Crippen LogP contribution is 2.33. The van der Waals surface area contributed by atoms with Crippen LogP contribution < -0.4 is 10.6 Å². The van der Waals surface area contributed by atoms with E-state index in [4.69, 9.17) is 4.42 Å². The Labute approximate surface area is 203 Å². The van der Waals surface area contributed by atoms with Crippen molar-refractivity contribution in [3.05, 3.63) is 72.6 Å². The van der Waals surface area contributed by atoms with Crippen LogP contribution in [0.15, 0.2) is 65.3 Å². The molecule has 2 atom stereocenters. The number of H-pyrrole nitrogens is 2. The number of hydrogen-bond acceptors (Lipinski definition) is 5. The van der Waals surface area contributed by atoms with Crippen LogP contribution >= 0.6 is 0 Å². The molecule has 2 aromatic carbocycles. The molecule has 2 aliphatic heterocycles. The van der Waals surface area contributed by atoms with Crippen LogP contribution in [0, 0.1) is 0 Å². The van der Waals surface area contributed by atoms with Gasteiger partial charge < -0.3 is 25.0 Å². The van der Waals surface area contributed by atoms with Gasteiger partial charge in [-0.3, -0.25) is 0 Å². The molecule has 0 saturated carbocycles. The first-order chi connectivity index (χ1) is 17.3. The third-order valence-electron chi connectivity index (χ3n) is 7.28. The maximum atomic E-state index is 6.18. The molecular weight excluding hydrogens is 436 g/mol. The fourth-order valence-electron chi connectivity index (χ4n) is 5.32. The number of nitrogens with zero attached hydrogens (tertiary/aromatic N) is 2. The molecule has 2 unspecified atom stereocenters. The zero-order chi connectivity index (χ0) is 23.2. The fourth-order valence-corrected chi connectivity index (χ4v) is 5.32. The van der Waals surface area contributed by atoms with Gasteiger partial charge in [-0.2, -0.15) is 0 Å². The lowest BCUT2D eigenvalue weighted by atomic mass is 10.1. The molecule has 0 aliphatic carbocycles. The number of imidazole rings is 2. The molecule has 0 spiro atoms. The molecule has 4 N–H and O–H groups in total. The lowest BCUT2D eigenvalue weighted by Gasteiger charge is -2.05. The predicted octanol–water partition coefficient (Wildman–Crippen LogP) is 5.73. The van der Waals surface area contributed by atoms with Crippen molar-refractivity contribution in [2.24, 2.45) is 0 Å². The normalized spacial score (nSPS) is 20.2. The van der Waals surface area contributed by atoms with Crippen molar-refractivity contribution in [1.29, 1.82) is 0 Å². The van der Waals surface area contributed by atoms with E-state index in [1.54, 1.807) is 0 Å². The van der Waals surface area contributed by atoms with Gasteiger partial charge in [-0.05, 0) is 68.6 Å². The van der Waals surface area contributed by atoms with E-state index < -0.39 is 0 Å². The van der Waals surface area contributed by atoms with E-state index >= 15 is 0 Å². The highest BCUT2D eigenvalue weighted by Gasteiger charge is 2.20. The third-order valence-corrected chi connectivity index (χ3v) is 7.28. The highest BCUT2D eigenvalue weighted by atomic mass is 16.3. The van der Waals surface area contributed by atoms with Crippen molar-refractivity contribution in [1.82, 2.24) is 30.6 Å². The summed E-state index contributed by atoms with van der Waals surface area (Å²) < 4.78 is 6.18. The van der Waals surface area contributed by atoms with Gasteiger partial charge in [-0.1, -0.05) is 24.3 Å². The molecule has 3 aromatic heterocycles. The second-order valence-electron chi connectivity index (χ2n) is 9.60. The van der Waals surface area contributed by atoms with Crippen LogP contribution in [0.3, 0.4) is 0 Å². The summed E-state index contributed by atoms with van der Waals surface area (Å²) in [6, 6.07) is 17.6. The molecule has 2 aliphatic rings. The van der Waals surface area contributed by atoms with Crippen LogP contribution in [-0.2, 0) is 0 Å². The maximum Gasteiger partial charge on any atom is 0.135 e. The summed E-state index contributed by atoms with van der Waals surface area (Å²) in [7, 11) is 0. The van der Waals surface area contributed by atoms with Gasteiger partial charge in [0.15, 0.2) is 0 Å². The Bertz CT molecular complexity index is 1460. The van der Waals surface area contributed by atoms with Crippen molar-refractivity contribution in [2.45, 2.75) is 37.8 Å². The minimum atomic E-state index is 0.337. The SMILES string of the molecule is c1cc(-c2cc3cc(-c4cnc(C5CCCN5)[nH]4)ccc3o2)ccc1-c1cnc(C2CCCN2)[nH]1. The lowest BCUT2D eigenvalue weighted by Crippen LogP contribution is -2.14. The second-order valence-corrected chi connectivity index (χ2v) is 9.60. The topological polar surface area (TPSA) is 94.6 Å². The van der Waals surface area contributed by atoms with E-state index in [1.165, 1.54) is 12.8 Å². The molecular formula is C28H28N6O. The van der Waals surface area contributed by atoms with Crippen molar-refractivity contribution in [3.8, 4) is 33.8 Å². The van der Waals surface area contributed by atoms with Gasteiger partial charge in [0.2, 0.25) is 0 Å². The number of benzene rings is 2. The summed E-state index contributed by atoms with van der Waals surface area (Å²) in [5, 5.41) is 8.08. The van der Waals surface area contributed by atoms with Crippen LogP contribution in [0.4, 0.5) is 0 Å². The Balaban J connectivity index is 1.12. The average Bonchev–Trinajstić information content (AvgIpc) is 3.73. The van der Waals surface area contributed by atoms with Crippen LogP contribution in [0.2, 0.25) is 0 Å². The van der Waals surface area contributed by atoms with E-state index in [9.17, 15) is 0 Å². The molecule has 7 rings (SSSR count). The Kier molecular flexibility index (Phi) is 5.03. The van der Waals surface area contributed by atoms with E-state index in [0.29, 0.717) is 12.1 Å². The molecule has 35 heavy (non-hydrogen) atoms. The Morgan fingerprint density at radius 1 is 0.686 bits per heavy atom. The number of furan rings is 1. The molecule has 0 radical (unpaired) electrons. The molecule has 2 saturated heterocycles. The molecule has 2 fully saturated rings. The Morgan fingerprint density at radius 2 is 1.29 bits per heavy atom. The van der Waals surface area contributed by atoms with E-state index in [-0.39, 0.29) is 0 Å². The lowest BCUT2D eigenvalue weighted by molar-refractivity contribution is 0.613. The maximum absolute atomic E-state index is 6.18. The van der Waals surface area contributed by atoms with Gasteiger partial charge in [-0.15, -0.1) is 0 Å². The predicted molar refractivity (Wildman–Crippen MR) is 137 cm³/mol. The Hall–Kier alpha value is -3.68. The first-order valence-corrected chi connectivity index (χ1v) is 12.5. The van der Waals surface area contributed by atoms with Crippen molar-refractivity contribution < 1.29 is 4.42 Å². The fraction of sp³-hybridized carbons (Fsp3) is 0.286. The average molecular weight is 465 g/mol. The highest BCUT2D eigenvalue weighted by molar-refractivity contribution is 5.87. The van der Waals surface area contributed by atoms with Crippen LogP contribution in [0.1, 0.15) is 49.4 Å². The quantitative estimate of drug-likeness (QED) is 0.267. The summed E-state index contributed by atoms with van der Waals surface area (Å²) in [6.45, 7) is 2.13. The zero-order valence-electron chi connectivity index (χ0n) is 19.5. The van der Waals surface area contributed by atoms with Crippen molar-refractivity contribution in [2.75, 3.05) is 13.1 Å². The van der Waals surface area contributed by atoms with Gasteiger partial charge in [0.1, 0.15) is 23.0 Å². The molecule has 7 heteroatoms. The Morgan fingerprint density at radius 3 is 1.91 bits per heavy atom. The number of rotatable bonds is 5. The van der Waals surface area contributed by atoms with E-state index in [2.05, 4.69) is 73.0 Å². The van der Waals surface area contributed by atoms with Crippen LogP contribution in [-0.4, -0.2) is 33.0 Å². The molecule has 0 amide bonds. The number of fused-ring (bicyclic) bond motifs is 1. The minimum absolute atomic E-state index is 0.337. The molecule has 5 aromatic rings. The molecule has 7 nitrogen and oxygen atoms in total. The number of hydrogen-bond donors (Lipinski definition) is 4. The van der Waals surface area contributed by atoms with Gasteiger partial charge in [0, 0.05) is 16.5 Å². The standard InChI is InChI=1S/C28H28N6O/c1-3-21(29-11-1)27-31-15-23(33-27)17-5-7-18(8-6-17)26-14-20-13-19(9-10-25(20)35-26)24-16-32-28(34-24)22-4-2-12-30-22/h5-10,13-16,21-22,29-30H,1-4,11-12H2,(H,31,33)(H,32,34). The van der Waals surface area contributed by atoms with Gasteiger partial charge in [0.05, 0.1) is 35.9 Å². The molecule has 176 valence electrons. The monoisotopic (exact) mass is 464 g/mol. The summed E-state index contributed by atoms with van der Waals surface area (Å²) >= 11 is 0. The minimum Gasteiger partial charge on any atom is -0.456 e. The first kappa shape index (κ1) is 20.7. The zero-order valence-corrected chi connectivity index (χ0v) is 19.5. The van der Waals surface area contributed by atoms with Gasteiger partial charge >= 0.3 is 0 Å². The van der Waals surface area contributed by atoms with E-state index in [0.717, 1.165) is 82.4 Å². The summed E-state index contributed by atoms with van der Waals surface area (Å²) in [5.41, 5.74) is 6.25. The first-order valence-electron chi connectivity index (χ1n) is 12.5. The molecule has 0 bridgehead atoms.